The van der Waals surface area contributed by atoms with Gasteiger partial charge < -0.3 is 10.2 Å². The molecule has 1 heterocycles. The summed E-state index contributed by atoms with van der Waals surface area (Å²) in [7, 11) is 2.24. The molecule has 0 aromatic heterocycles. The van der Waals surface area contributed by atoms with Gasteiger partial charge in [-0.15, -0.1) is 0 Å². The van der Waals surface area contributed by atoms with Crippen LogP contribution in [-0.4, -0.2) is 61.7 Å². The Labute approximate surface area is 108 Å². The van der Waals surface area contributed by atoms with Crippen LogP contribution in [0.15, 0.2) is 0 Å². The Morgan fingerprint density at radius 2 is 1.94 bits per heavy atom. The minimum absolute atomic E-state index is 0.602. The zero-order valence-electron chi connectivity index (χ0n) is 12.4. The van der Waals surface area contributed by atoms with Crippen molar-refractivity contribution in [3.05, 3.63) is 0 Å². The van der Waals surface area contributed by atoms with Gasteiger partial charge in [0.05, 0.1) is 0 Å². The van der Waals surface area contributed by atoms with E-state index in [2.05, 4.69) is 49.9 Å². The fourth-order valence-electron chi connectivity index (χ4n) is 2.59. The minimum atomic E-state index is 0.602. The standard InChI is InChI=1S/C14H31N3/c1-12(2)15-9-13(3)10-17-8-6-7-16(5)11-14(17)4/h12-15H,6-11H2,1-5H3. The van der Waals surface area contributed by atoms with Crippen LogP contribution in [0.25, 0.3) is 0 Å². The summed E-state index contributed by atoms with van der Waals surface area (Å²) in [6.45, 7) is 15.3. The molecule has 0 aromatic carbocycles. The molecule has 1 aliphatic heterocycles. The van der Waals surface area contributed by atoms with Crippen LogP contribution in [0.3, 0.4) is 0 Å². The summed E-state index contributed by atoms with van der Waals surface area (Å²) in [4.78, 5) is 5.12. The molecule has 1 N–H and O–H groups in total. The molecule has 1 fully saturated rings. The fourth-order valence-corrected chi connectivity index (χ4v) is 2.59. The lowest BCUT2D eigenvalue weighted by Gasteiger charge is -2.30. The van der Waals surface area contributed by atoms with E-state index in [0.29, 0.717) is 12.1 Å². The predicted molar refractivity (Wildman–Crippen MR) is 75.5 cm³/mol. The summed E-state index contributed by atoms with van der Waals surface area (Å²) in [6.07, 6.45) is 1.31. The van der Waals surface area contributed by atoms with Gasteiger partial charge in [-0.3, -0.25) is 4.90 Å². The van der Waals surface area contributed by atoms with Gasteiger partial charge in [0.2, 0.25) is 0 Å². The Bertz CT molecular complexity index is 206. The van der Waals surface area contributed by atoms with Crippen LogP contribution in [0, 0.1) is 5.92 Å². The summed E-state index contributed by atoms with van der Waals surface area (Å²) in [5.74, 6) is 0.739. The van der Waals surface area contributed by atoms with Crippen LogP contribution < -0.4 is 5.32 Å². The first-order valence-electron chi connectivity index (χ1n) is 7.15. The molecule has 0 radical (unpaired) electrons. The lowest BCUT2D eigenvalue weighted by Crippen LogP contribution is -2.42. The van der Waals surface area contributed by atoms with Crippen molar-refractivity contribution in [1.29, 1.82) is 0 Å². The van der Waals surface area contributed by atoms with Crippen LogP contribution in [0.4, 0.5) is 0 Å². The zero-order chi connectivity index (χ0) is 12.8. The average molecular weight is 241 g/mol. The van der Waals surface area contributed by atoms with Crippen LogP contribution in [-0.2, 0) is 0 Å². The topological polar surface area (TPSA) is 18.5 Å². The first-order chi connectivity index (χ1) is 7.99. The van der Waals surface area contributed by atoms with Crippen molar-refractivity contribution in [2.45, 2.75) is 46.2 Å². The summed E-state index contributed by atoms with van der Waals surface area (Å²) >= 11 is 0. The number of rotatable bonds is 5. The molecular formula is C14H31N3. The zero-order valence-corrected chi connectivity index (χ0v) is 12.4. The van der Waals surface area contributed by atoms with Crippen molar-refractivity contribution in [3.63, 3.8) is 0 Å². The normalized spacial score (nSPS) is 26.1. The van der Waals surface area contributed by atoms with Crippen LogP contribution in [0.5, 0.6) is 0 Å². The Morgan fingerprint density at radius 1 is 1.24 bits per heavy atom. The van der Waals surface area contributed by atoms with Crippen molar-refractivity contribution in [2.75, 3.05) is 39.8 Å². The Hall–Kier alpha value is -0.120. The van der Waals surface area contributed by atoms with E-state index in [1.807, 2.05) is 0 Å². The van der Waals surface area contributed by atoms with Crippen LogP contribution in [0.1, 0.15) is 34.1 Å². The maximum absolute atomic E-state index is 3.54. The second-order valence-electron chi connectivity index (χ2n) is 6.13. The highest BCUT2D eigenvalue weighted by molar-refractivity contribution is 4.77. The van der Waals surface area contributed by atoms with Crippen molar-refractivity contribution >= 4 is 0 Å². The highest BCUT2D eigenvalue weighted by atomic mass is 15.2. The number of likely N-dealkylation sites (N-methyl/N-ethyl adjacent to an activating group) is 1. The molecule has 0 aliphatic carbocycles. The van der Waals surface area contributed by atoms with Gasteiger partial charge in [-0.25, -0.2) is 0 Å². The molecule has 0 saturated carbocycles. The SMILES string of the molecule is CC(CNC(C)C)CN1CCCN(C)CC1C. The molecule has 3 heteroatoms. The highest BCUT2D eigenvalue weighted by Gasteiger charge is 2.20. The van der Waals surface area contributed by atoms with Crippen LogP contribution in [0.2, 0.25) is 0 Å². The Balaban J connectivity index is 2.33. The van der Waals surface area contributed by atoms with Gasteiger partial charge in [-0.1, -0.05) is 20.8 Å². The number of nitrogens with zero attached hydrogens (tertiary/aromatic N) is 2. The van der Waals surface area contributed by atoms with Gasteiger partial charge in [0.25, 0.3) is 0 Å². The average Bonchev–Trinajstić information content (AvgIpc) is 2.38. The van der Waals surface area contributed by atoms with E-state index in [4.69, 9.17) is 0 Å². The van der Waals surface area contributed by atoms with Crippen molar-refractivity contribution in [2.24, 2.45) is 5.92 Å². The predicted octanol–water partition coefficient (Wildman–Crippen LogP) is 1.65. The summed E-state index contributed by atoms with van der Waals surface area (Å²) in [5, 5.41) is 3.54. The van der Waals surface area contributed by atoms with Gasteiger partial charge in [0.15, 0.2) is 0 Å². The van der Waals surface area contributed by atoms with Crippen molar-refractivity contribution < 1.29 is 0 Å². The van der Waals surface area contributed by atoms with E-state index < -0.39 is 0 Å². The van der Waals surface area contributed by atoms with E-state index in [1.54, 1.807) is 0 Å². The molecule has 2 atom stereocenters. The second-order valence-corrected chi connectivity index (χ2v) is 6.13. The molecule has 102 valence electrons. The van der Waals surface area contributed by atoms with Gasteiger partial charge >= 0.3 is 0 Å². The van der Waals surface area contributed by atoms with Crippen molar-refractivity contribution in [3.8, 4) is 0 Å². The highest BCUT2D eigenvalue weighted by Crippen LogP contribution is 2.11. The van der Waals surface area contributed by atoms with Gasteiger partial charge in [0.1, 0.15) is 0 Å². The van der Waals surface area contributed by atoms with Gasteiger partial charge in [-0.2, -0.15) is 0 Å². The van der Waals surface area contributed by atoms with Gasteiger partial charge in [-0.05, 0) is 45.9 Å². The molecule has 0 bridgehead atoms. The third-order valence-corrected chi connectivity index (χ3v) is 3.61. The van der Waals surface area contributed by atoms with E-state index in [1.165, 1.54) is 32.6 Å². The molecule has 0 aromatic rings. The minimum Gasteiger partial charge on any atom is -0.314 e. The molecule has 0 spiro atoms. The summed E-state index contributed by atoms with van der Waals surface area (Å²) in [5.41, 5.74) is 0. The Kier molecular flexibility index (Phi) is 6.45. The molecule has 3 nitrogen and oxygen atoms in total. The molecule has 1 rings (SSSR count). The number of hydrogen-bond donors (Lipinski definition) is 1. The molecule has 1 aliphatic rings. The smallest absolute Gasteiger partial charge is 0.0194 e. The first kappa shape index (κ1) is 14.9. The maximum Gasteiger partial charge on any atom is 0.0194 e. The van der Waals surface area contributed by atoms with Crippen molar-refractivity contribution in [1.82, 2.24) is 15.1 Å². The maximum atomic E-state index is 3.54. The number of hydrogen-bond acceptors (Lipinski definition) is 3. The molecule has 0 amide bonds. The third kappa shape index (κ3) is 5.84. The molecular weight excluding hydrogens is 210 g/mol. The lowest BCUT2D eigenvalue weighted by molar-refractivity contribution is 0.176. The third-order valence-electron chi connectivity index (χ3n) is 3.61. The van der Waals surface area contributed by atoms with E-state index in [0.717, 1.165) is 12.5 Å². The monoisotopic (exact) mass is 241 g/mol. The largest absolute Gasteiger partial charge is 0.314 e. The first-order valence-corrected chi connectivity index (χ1v) is 7.15. The summed E-state index contributed by atoms with van der Waals surface area (Å²) < 4.78 is 0. The molecule has 17 heavy (non-hydrogen) atoms. The van der Waals surface area contributed by atoms with Crippen LogP contribution >= 0.6 is 0 Å². The lowest BCUT2D eigenvalue weighted by atomic mass is 10.1. The van der Waals surface area contributed by atoms with E-state index in [9.17, 15) is 0 Å². The quantitative estimate of drug-likeness (QED) is 0.789. The second kappa shape index (κ2) is 7.34. The number of nitrogens with one attached hydrogen (secondary N) is 1. The summed E-state index contributed by atoms with van der Waals surface area (Å²) in [6, 6.07) is 1.30. The van der Waals surface area contributed by atoms with E-state index in [-0.39, 0.29) is 0 Å². The van der Waals surface area contributed by atoms with E-state index >= 15 is 0 Å². The fraction of sp³-hybridized carbons (Fsp3) is 1.00. The molecule has 1 saturated heterocycles. The van der Waals surface area contributed by atoms with Gasteiger partial charge in [0, 0.05) is 25.2 Å². The Morgan fingerprint density at radius 3 is 2.59 bits per heavy atom. The molecule has 2 unspecified atom stereocenters.